The van der Waals surface area contributed by atoms with Gasteiger partial charge in [0.2, 0.25) is 0 Å². The van der Waals surface area contributed by atoms with Crippen molar-refractivity contribution in [2.75, 3.05) is 25.5 Å². The second-order valence-electron chi connectivity index (χ2n) is 3.44. The molecule has 1 rings (SSSR count). The van der Waals surface area contributed by atoms with Gasteiger partial charge in [0.05, 0.1) is 32.1 Å². The third-order valence-corrected chi connectivity index (χ3v) is 2.06. The van der Waals surface area contributed by atoms with E-state index in [4.69, 9.17) is 10.5 Å². The van der Waals surface area contributed by atoms with Crippen LogP contribution < -0.4 is 15.8 Å². The largest absolute Gasteiger partial charge is 0.493 e. The molecule has 0 fully saturated rings. The monoisotopic (exact) mass is 231 g/mol. The fourth-order valence-corrected chi connectivity index (χ4v) is 1.14. The minimum Gasteiger partial charge on any atom is -0.493 e. The lowest BCUT2D eigenvalue weighted by molar-refractivity contribution is 0.0253. The lowest BCUT2D eigenvalue weighted by atomic mass is 10.3. The van der Waals surface area contributed by atoms with E-state index in [1.807, 2.05) is 0 Å². The predicted octanol–water partition coefficient (Wildman–Crippen LogP) is 1.40. The second kappa shape index (κ2) is 5.07. The van der Waals surface area contributed by atoms with E-state index in [2.05, 4.69) is 10.3 Å². The van der Waals surface area contributed by atoms with Crippen LogP contribution >= 0.6 is 0 Å². The lowest BCUT2D eigenvalue weighted by Gasteiger charge is -2.17. The average molecular weight is 231 g/mol. The maximum Gasteiger partial charge on any atom is 0.276 e. The van der Waals surface area contributed by atoms with Crippen molar-refractivity contribution in [1.82, 2.24) is 4.98 Å². The van der Waals surface area contributed by atoms with Crippen LogP contribution in [0.5, 0.6) is 5.75 Å². The zero-order chi connectivity index (χ0) is 12.2. The Morgan fingerprint density at radius 3 is 2.81 bits per heavy atom. The molecule has 0 saturated carbocycles. The summed E-state index contributed by atoms with van der Waals surface area (Å²) in [6.45, 7) is 0.557. The van der Waals surface area contributed by atoms with E-state index < -0.39 is 19.0 Å². The number of nitrogens with zero attached hydrogens (tertiary/aromatic N) is 1. The van der Waals surface area contributed by atoms with Gasteiger partial charge in [-0.2, -0.15) is 0 Å². The molecule has 0 bridgehead atoms. The maximum atomic E-state index is 12.9. The minimum absolute atomic E-state index is 0.429. The molecule has 0 unspecified atom stereocenters. The Hall–Kier alpha value is -1.43. The van der Waals surface area contributed by atoms with Crippen LogP contribution in [0.15, 0.2) is 12.3 Å². The predicted molar refractivity (Wildman–Crippen MR) is 58.0 cm³/mol. The number of alkyl halides is 2. The molecule has 0 aromatic carbocycles. The standard InChI is InChI=1S/C10H15F2N3O/c1-7-3-8(9(16-2)4-14-7)15-6-10(11,12)5-13/h3-4H,5-6,13H2,1-2H3,(H,14,15). The lowest BCUT2D eigenvalue weighted by Crippen LogP contribution is -2.35. The van der Waals surface area contributed by atoms with E-state index >= 15 is 0 Å². The van der Waals surface area contributed by atoms with Crippen LogP contribution in [0.3, 0.4) is 0 Å². The highest BCUT2D eigenvalue weighted by molar-refractivity contribution is 5.56. The second-order valence-corrected chi connectivity index (χ2v) is 3.44. The molecule has 1 aromatic rings. The summed E-state index contributed by atoms with van der Waals surface area (Å²) in [7, 11) is 1.46. The molecule has 0 spiro atoms. The van der Waals surface area contributed by atoms with E-state index in [9.17, 15) is 8.78 Å². The molecule has 0 radical (unpaired) electrons. The molecule has 90 valence electrons. The van der Waals surface area contributed by atoms with Crippen molar-refractivity contribution in [1.29, 1.82) is 0 Å². The van der Waals surface area contributed by atoms with Crippen LogP contribution in [-0.4, -0.2) is 31.1 Å². The highest BCUT2D eigenvalue weighted by atomic mass is 19.3. The number of aryl methyl sites for hydroxylation is 1. The fourth-order valence-electron chi connectivity index (χ4n) is 1.14. The number of aromatic nitrogens is 1. The van der Waals surface area contributed by atoms with Crippen LogP contribution in [-0.2, 0) is 0 Å². The SMILES string of the molecule is COc1cnc(C)cc1NCC(F)(F)CN. The molecule has 1 heterocycles. The summed E-state index contributed by atoms with van der Waals surface area (Å²) < 4.78 is 30.9. The minimum atomic E-state index is -2.93. The summed E-state index contributed by atoms with van der Waals surface area (Å²) >= 11 is 0. The van der Waals surface area contributed by atoms with Gasteiger partial charge in [0.15, 0.2) is 5.75 Å². The Bertz CT molecular complexity index is 358. The van der Waals surface area contributed by atoms with E-state index in [-0.39, 0.29) is 0 Å². The number of rotatable bonds is 5. The molecule has 3 N–H and O–H groups in total. The fraction of sp³-hybridized carbons (Fsp3) is 0.500. The highest BCUT2D eigenvalue weighted by Crippen LogP contribution is 2.24. The van der Waals surface area contributed by atoms with Gasteiger partial charge in [-0.3, -0.25) is 4.98 Å². The first-order valence-electron chi connectivity index (χ1n) is 4.81. The molecule has 0 amide bonds. The third kappa shape index (κ3) is 3.30. The van der Waals surface area contributed by atoms with Gasteiger partial charge in [-0.1, -0.05) is 0 Å². The molecule has 1 aromatic heterocycles. The van der Waals surface area contributed by atoms with Crippen LogP contribution in [0, 0.1) is 6.92 Å². The Morgan fingerprint density at radius 2 is 2.25 bits per heavy atom. The molecule has 0 saturated heterocycles. The van der Waals surface area contributed by atoms with Crippen molar-refractivity contribution >= 4 is 5.69 Å². The number of nitrogens with two attached hydrogens (primary N) is 1. The zero-order valence-corrected chi connectivity index (χ0v) is 9.26. The summed E-state index contributed by atoms with van der Waals surface area (Å²) in [6.07, 6.45) is 1.48. The third-order valence-electron chi connectivity index (χ3n) is 2.06. The van der Waals surface area contributed by atoms with Gasteiger partial charge in [0.25, 0.3) is 5.92 Å². The van der Waals surface area contributed by atoms with Gasteiger partial charge in [0.1, 0.15) is 0 Å². The number of methoxy groups -OCH3 is 1. The van der Waals surface area contributed by atoms with E-state index in [1.165, 1.54) is 13.3 Å². The normalized spacial score (nSPS) is 11.3. The first-order valence-corrected chi connectivity index (χ1v) is 4.81. The molecular weight excluding hydrogens is 216 g/mol. The molecule has 0 aliphatic rings. The molecule has 0 atom stereocenters. The molecule has 6 heteroatoms. The summed E-state index contributed by atoms with van der Waals surface area (Å²) in [5.74, 6) is -2.50. The van der Waals surface area contributed by atoms with Gasteiger partial charge in [-0.05, 0) is 13.0 Å². The Labute approximate surface area is 92.8 Å². The quantitative estimate of drug-likeness (QED) is 0.804. The Kier molecular flexibility index (Phi) is 4.00. The molecule has 16 heavy (non-hydrogen) atoms. The number of hydrogen-bond donors (Lipinski definition) is 2. The number of pyridine rings is 1. The van der Waals surface area contributed by atoms with E-state index in [0.29, 0.717) is 11.4 Å². The van der Waals surface area contributed by atoms with Gasteiger partial charge in [-0.25, -0.2) is 8.78 Å². The summed E-state index contributed by atoms with van der Waals surface area (Å²) in [4.78, 5) is 4.00. The van der Waals surface area contributed by atoms with Crippen LogP contribution in [0.2, 0.25) is 0 Å². The topological polar surface area (TPSA) is 60.2 Å². The van der Waals surface area contributed by atoms with Crippen molar-refractivity contribution in [3.05, 3.63) is 18.0 Å². The van der Waals surface area contributed by atoms with Gasteiger partial charge < -0.3 is 15.8 Å². The van der Waals surface area contributed by atoms with Crippen molar-refractivity contribution < 1.29 is 13.5 Å². The first-order chi connectivity index (χ1) is 7.48. The number of halogens is 2. The van der Waals surface area contributed by atoms with Crippen LogP contribution in [0.4, 0.5) is 14.5 Å². The average Bonchev–Trinajstić information content (AvgIpc) is 2.27. The number of ether oxygens (including phenoxy) is 1. The van der Waals surface area contributed by atoms with Crippen molar-refractivity contribution in [3.8, 4) is 5.75 Å². The maximum absolute atomic E-state index is 12.9. The zero-order valence-electron chi connectivity index (χ0n) is 9.26. The van der Waals surface area contributed by atoms with Crippen molar-refractivity contribution in [2.24, 2.45) is 5.73 Å². The van der Waals surface area contributed by atoms with Crippen molar-refractivity contribution in [3.63, 3.8) is 0 Å². The Balaban J connectivity index is 2.76. The van der Waals surface area contributed by atoms with E-state index in [0.717, 1.165) is 5.69 Å². The smallest absolute Gasteiger partial charge is 0.276 e. The van der Waals surface area contributed by atoms with Gasteiger partial charge in [0, 0.05) is 5.69 Å². The Morgan fingerprint density at radius 1 is 1.56 bits per heavy atom. The van der Waals surface area contributed by atoms with Crippen LogP contribution in [0.25, 0.3) is 0 Å². The number of anilines is 1. The summed E-state index contributed by atoms with van der Waals surface area (Å²) in [5.41, 5.74) is 6.15. The molecule has 4 nitrogen and oxygen atoms in total. The highest BCUT2D eigenvalue weighted by Gasteiger charge is 2.26. The number of hydrogen-bond acceptors (Lipinski definition) is 4. The molecule has 0 aliphatic heterocycles. The van der Waals surface area contributed by atoms with E-state index in [1.54, 1.807) is 13.0 Å². The summed E-state index contributed by atoms with van der Waals surface area (Å²) in [6, 6.07) is 1.64. The molecule has 0 aliphatic carbocycles. The number of nitrogens with one attached hydrogen (secondary N) is 1. The van der Waals surface area contributed by atoms with Crippen molar-refractivity contribution in [2.45, 2.75) is 12.8 Å². The van der Waals surface area contributed by atoms with Crippen LogP contribution in [0.1, 0.15) is 5.69 Å². The van der Waals surface area contributed by atoms with Gasteiger partial charge in [-0.15, -0.1) is 0 Å². The summed E-state index contributed by atoms with van der Waals surface area (Å²) in [5, 5.41) is 2.60. The van der Waals surface area contributed by atoms with Gasteiger partial charge >= 0.3 is 0 Å². The molecular formula is C10H15F2N3O. The first kappa shape index (κ1) is 12.6.